The summed E-state index contributed by atoms with van der Waals surface area (Å²) in [5, 5.41) is 13.4. The lowest BCUT2D eigenvalue weighted by atomic mass is 10.1. The van der Waals surface area contributed by atoms with Gasteiger partial charge in [-0.05, 0) is 24.6 Å². The second kappa shape index (κ2) is 9.40. The van der Waals surface area contributed by atoms with Crippen LogP contribution in [0.1, 0.15) is 30.8 Å². The second-order valence-corrected chi connectivity index (χ2v) is 7.49. The Morgan fingerprint density at radius 1 is 1.21 bits per heavy atom. The van der Waals surface area contributed by atoms with E-state index in [1.54, 1.807) is 12.4 Å². The summed E-state index contributed by atoms with van der Waals surface area (Å²) in [6.45, 7) is 9.19. The predicted molar refractivity (Wildman–Crippen MR) is 110 cm³/mol. The summed E-state index contributed by atoms with van der Waals surface area (Å²) >= 11 is 0. The summed E-state index contributed by atoms with van der Waals surface area (Å²) < 4.78 is 1.92. The van der Waals surface area contributed by atoms with Crippen LogP contribution in [0, 0.1) is 12.8 Å². The quantitative estimate of drug-likeness (QED) is 0.612. The van der Waals surface area contributed by atoms with Crippen molar-refractivity contribution in [1.82, 2.24) is 30.3 Å². The molecule has 3 heterocycles. The second-order valence-electron chi connectivity index (χ2n) is 7.49. The molecule has 0 saturated carbocycles. The van der Waals surface area contributed by atoms with E-state index in [4.69, 9.17) is 0 Å². The summed E-state index contributed by atoms with van der Waals surface area (Å²) in [7, 11) is 0. The van der Waals surface area contributed by atoms with Crippen molar-refractivity contribution in [2.24, 2.45) is 5.92 Å². The van der Waals surface area contributed by atoms with Gasteiger partial charge in [0.25, 0.3) is 0 Å². The lowest BCUT2D eigenvalue weighted by molar-refractivity contribution is -0.136. The molecule has 0 spiro atoms. The smallest absolute Gasteiger partial charge is 0.315 e. The lowest BCUT2D eigenvalue weighted by Gasteiger charge is -2.29. The number of carbonyl (C=O) groups is 2. The number of anilines is 1. The Morgan fingerprint density at radius 2 is 2.03 bits per heavy atom. The van der Waals surface area contributed by atoms with Crippen LogP contribution < -0.4 is 16.0 Å². The number of amides is 3. The van der Waals surface area contributed by atoms with Crippen LogP contribution in [-0.4, -0.2) is 51.2 Å². The van der Waals surface area contributed by atoms with Crippen molar-refractivity contribution in [3.63, 3.8) is 0 Å². The van der Waals surface area contributed by atoms with Crippen LogP contribution in [-0.2, 0) is 24.4 Å². The SMILES string of the molecule is Cc1cnccc1NCCNC(=O)NCc1cc2n(n1)CCN(C(=O)C(C)C)C2. The van der Waals surface area contributed by atoms with Gasteiger partial charge in [-0.1, -0.05) is 13.8 Å². The number of hydrogen-bond donors (Lipinski definition) is 3. The molecule has 9 heteroatoms. The van der Waals surface area contributed by atoms with Crippen molar-refractivity contribution < 1.29 is 9.59 Å². The summed E-state index contributed by atoms with van der Waals surface area (Å²) in [6.07, 6.45) is 3.53. The number of rotatable bonds is 7. The van der Waals surface area contributed by atoms with E-state index in [1.165, 1.54) is 0 Å². The van der Waals surface area contributed by atoms with Crippen LogP contribution in [0.25, 0.3) is 0 Å². The minimum atomic E-state index is -0.235. The van der Waals surface area contributed by atoms with E-state index in [0.717, 1.165) is 22.6 Å². The van der Waals surface area contributed by atoms with Crippen LogP contribution in [0.5, 0.6) is 0 Å². The van der Waals surface area contributed by atoms with Crippen LogP contribution in [0.15, 0.2) is 24.5 Å². The molecule has 29 heavy (non-hydrogen) atoms. The van der Waals surface area contributed by atoms with E-state index >= 15 is 0 Å². The Bertz CT molecular complexity index is 862. The average molecular weight is 399 g/mol. The Morgan fingerprint density at radius 3 is 2.79 bits per heavy atom. The van der Waals surface area contributed by atoms with E-state index in [2.05, 4.69) is 26.0 Å². The number of aromatic nitrogens is 3. The molecule has 0 bridgehead atoms. The molecular weight excluding hydrogens is 370 g/mol. The van der Waals surface area contributed by atoms with E-state index in [1.807, 2.05) is 42.5 Å². The fourth-order valence-electron chi connectivity index (χ4n) is 3.24. The number of aryl methyl sites for hydroxylation is 1. The standard InChI is InChI=1S/C20H29N7O2/c1-14(2)19(28)26-8-9-27-17(13-26)10-16(25-27)12-24-20(29)23-7-6-22-18-4-5-21-11-15(18)3/h4-5,10-11,14H,6-9,12-13H2,1-3H3,(H,21,22)(H2,23,24,29). The number of nitrogens with one attached hydrogen (secondary N) is 3. The molecule has 2 aromatic heterocycles. The fraction of sp³-hybridized carbons (Fsp3) is 0.500. The van der Waals surface area contributed by atoms with E-state index in [0.29, 0.717) is 39.3 Å². The Hall–Kier alpha value is -3.10. The molecule has 0 aliphatic carbocycles. The zero-order valence-electron chi connectivity index (χ0n) is 17.2. The highest BCUT2D eigenvalue weighted by Crippen LogP contribution is 2.16. The van der Waals surface area contributed by atoms with Crippen LogP contribution >= 0.6 is 0 Å². The van der Waals surface area contributed by atoms with Gasteiger partial charge >= 0.3 is 6.03 Å². The van der Waals surface area contributed by atoms with Crippen molar-refractivity contribution in [1.29, 1.82) is 0 Å². The molecule has 156 valence electrons. The number of carbonyl (C=O) groups excluding carboxylic acids is 2. The molecule has 2 aromatic rings. The van der Waals surface area contributed by atoms with Gasteiger partial charge in [-0.3, -0.25) is 14.5 Å². The van der Waals surface area contributed by atoms with Crippen LogP contribution in [0.2, 0.25) is 0 Å². The normalized spacial score (nSPS) is 13.2. The highest BCUT2D eigenvalue weighted by Gasteiger charge is 2.23. The Balaban J connectivity index is 1.40. The van der Waals surface area contributed by atoms with Crippen molar-refractivity contribution in [2.45, 2.75) is 40.4 Å². The molecule has 1 aliphatic heterocycles. The molecule has 3 amide bonds. The first kappa shape index (κ1) is 20.6. The first-order valence-corrected chi connectivity index (χ1v) is 9.94. The number of pyridine rings is 1. The maximum Gasteiger partial charge on any atom is 0.315 e. The van der Waals surface area contributed by atoms with Gasteiger partial charge in [-0.2, -0.15) is 5.10 Å². The third-order valence-electron chi connectivity index (χ3n) is 4.83. The van der Waals surface area contributed by atoms with Crippen molar-refractivity contribution >= 4 is 17.6 Å². The summed E-state index contributed by atoms with van der Waals surface area (Å²) in [5.74, 6) is 0.151. The molecule has 0 atom stereocenters. The molecule has 0 fully saturated rings. The zero-order valence-corrected chi connectivity index (χ0v) is 17.2. The molecule has 3 rings (SSSR count). The lowest BCUT2D eigenvalue weighted by Crippen LogP contribution is -2.40. The molecular formula is C20H29N7O2. The summed E-state index contributed by atoms with van der Waals surface area (Å²) in [4.78, 5) is 30.1. The molecule has 0 unspecified atom stereocenters. The number of nitrogens with zero attached hydrogens (tertiary/aromatic N) is 4. The van der Waals surface area contributed by atoms with E-state index in [-0.39, 0.29) is 17.9 Å². The van der Waals surface area contributed by atoms with E-state index < -0.39 is 0 Å². The molecule has 0 radical (unpaired) electrons. The molecule has 0 saturated heterocycles. The predicted octanol–water partition coefficient (Wildman–Crippen LogP) is 1.50. The number of hydrogen-bond acceptors (Lipinski definition) is 5. The van der Waals surface area contributed by atoms with Gasteiger partial charge in [0.05, 0.1) is 31.0 Å². The summed E-state index contributed by atoms with van der Waals surface area (Å²) in [6, 6.07) is 3.63. The minimum Gasteiger partial charge on any atom is -0.383 e. The van der Waals surface area contributed by atoms with Gasteiger partial charge in [-0.15, -0.1) is 0 Å². The number of fused-ring (bicyclic) bond motifs is 1. The first-order valence-electron chi connectivity index (χ1n) is 9.94. The molecule has 1 aliphatic rings. The average Bonchev–Trinajstić information content (AvgIpc) is 3.12. The fourth-order valence-corrected chi connectivity index (χ4v) is 3.24. The van der Waals surface area contributed by atoms with Gasteiger partial charge in [-0.25, -0.2) is 4.79 Å². The third-order valence-corrected chi connectivity index (χ3v) is 4.83. The van der Waals surface area contributed by atoms with Crippen molar-refractivity contribution in [3.8, 4) is 0 Å². The molecule has 9 nitrogen and oxygen atoms in total. The zero-order chi connectivity index (χ0) is 20.8. The molecule has 0 aromatic carbocycles. The minimum absolute atomic E-state index is 0.00809. The Labute approximate surface area is 170 Å². The van der Waals surface area contributed by atoms with Crippen molar-refractivity contribution in [2.75, 3.05) is 25.0 Å². The Kier molecular flexibility index (Phi) is 6.69. The first-order chi connectivity index (χ1) is 13.9. The van der Waals surface area contributed by atoms with Gasteiger partial charge < -0.3 is 20.9 Å². The maximum absolute atomic E-state index is 12.2. The maximum atomic E-state index is 12.2. The monoisotopic (exact) mass is 399 g/mol. The van der Waals surface area contributed by atoms with Gasteiger partial charge in [0, 0.05) is 43.6 Å². The topological polar surface area (TPSA) is 104 Å². The van der Waals surface area contributed by atoms with E-state index in [9.17, 15) is 9.59 Å². The highest BCUT2D eigenvalue weighted by atomic mass is 16.2. The van der Waals surface area contributed by atoms with Gasteiger partial charge in [0.15, 0.2) is 0 Å². The van der Waals surface area contributed by atoms with Gasteiger partial charge in [0.1, 0.15) is 0 Å². The van der Waals surface area contributed by atoms with Crippen molar-refractivity contribution in [3.05, 3.63) is 41.5 Å². The molecule has 3 N–H and O–H groups in total. The highest BCUT2D eigenvalue weighted by molar-refractivity contribution is 5.78. The number of urea groups is 1. The largest absolute Gasteiger partial charge is 0.383 e. The third kappa shape index (κ3) is 5.46. The van der Waals surface area contributed by atoms with Crippen LogP contribution in [0.3, 0.4) is 0 Å². The van der Waals surface area contributed by atoms with Gasteiger partial charge in [0.2, 0.25) is 5.91 Å². The van der Waals surface area contributed by atoms with Crippen LogP contribution in [0.4, 0.5) is 10.5 Å². The summed E-state index contributed by atoms with van der Waals surface area (Å²) in [5.41, 5.74) is 3.86.